The summed E-state index contributed by atoms with van der Waals surface area (Å²) in [5.74, 6) is 0. The predicted octanol–water partition coefficient (Wildman–Crippen LogP) is 2.34. The van der Waals surface area contributed by atoms with Gasteiger partial charge in [-0.3, -0.25) is 4.90 Å². The van der Waals surface area contributed by atoms with Crippen LogP contribution in [0.2, 0.25) is 0 Å². The predicted molar refractivity (Wildman–Crippen MR) is 108 cm³/mol. The molecule has 130 valence electrons. The number of piperazine rings is 1. The van der Waals surface area contributed by atoms with E-state index in [4.69, 9.17) is 10.1 Å². The first-order valence-electron chi connectivity index (χ1n) is 8.43. The van der Waals surface area contributed by atoms with Crippen molar-refractivity contribution in [3.8, 4) is 11.3 Å². The van der Waals surface area contributed by atoms with E-state index in [0.29, 0.717) is 0 Å². The third-order valence-electron chi connectivity index (χ3n) is 4.65. The number of aliphatic hydroxyl groups is 1. The molecule has 0 bridgehead atoms. The van der Waals surface area contributed by atoms with E-state index in [9.17, 15) is 0 Å². The molecule has 0 spiro atoms. The van der Waals surface area contributed by atoms with Crippen LogP contribution in [0.1, 0.15) is 0 Å². The summed E-state index contributed by atoms with van der Waals surface area (Å²) in [4.78, 5) is 17.0. The van der Waals surface area contributed by atoms with Gasteiger partial charge in [0, 0.05) is 50.2 Å². The number of H-pyrrole nitrogens is 1. The summed E-state index contributed by atoms with van der Waals surface area (Å²) in [6.45, 7) is 4.98. The van der Waals surface area contributed by atoms with Crippen molar-refractivity contribution in [2.75, 3.05) is 44.2 Å². The highest BCUT2D eigenvalue weighted by Crippen LogP contribution is 2.25. The first kappa shape index (κ1) is 16.7. The Labute approximate surface area is 160 Å². The number of hydrogen-bond acceptors (Lipinski definition) is 5. The van der Waals surface area contributed by atoms with Gasteiger partial charge in [-0.05, 0) is 34.7 Å². The molecule has 1 aromatic carbocycles. The highest BCUT2D eigenvalue weighted by atomic mass is 127. The second kappa shape index (κ2) is 7.27. The SMILES string of the molecule is OCCN1CCN(c2ccc(-c3cnc4[nH]cc(I)c4n3)cc2)CC1. The quantitative estimate of drug-likeness (QED) is 0.599. The highest BCUT2D eigenvalue weighted by Gasteiger charge is 2.16. The first-order valence-corrected chi connectivity index (χ1v) is 9.51. The van der Waals surface area contributed by atoms with E-state index < -0.39 is 0 Å². The molecule has 2 aromatic heterocycles. The van der Waals surface area contributed by atoms with Gasteiger partial charge in [-0.25, -0.2) is 9.97 Å². The molecule has 2 N–H and O–H groups in total. The maximum atomic E-state index is 9.04. The molecule has 6 nitrogen and oxygen atoms in total. The molecule has 1 aliphatic rings. The number of aromatic amines is 1. The largest absolute Gasteiger partial charge is 0.395 e. The Kier molecular flexibility index (Phi) is 4.87. The number of nitrogens with one attached hydrogen (secondary N) is 1. The fourth-order valence-corrected chi connectivity index (χ4v) is 3.75. The van der Waals surface area contributed by atoms with Crippen molar-refractivity contribution >= 4 is 39.4 Å². The molecule has 0 atom stereocenters. The minimum atomic E-state index is 0.236. The number of anilines is 1. The Morgan fingerprint density at radius 1 is 1.12 bits per heavy atom. The van der Waals surface area contributed by atoms with Crippen LogP contribution in [0, 0.1) is 3.57 Å². The molecule has 0 aliphatic carbocycles. The zero-order valence-corrected chi connectivity index (χ0v) is 16.0. The molecule has 1 fully saturated rings. The van der Waals surface area contributed by atoms with Crippen LogP contribution in [0.3, 0.4) is 0 Å². The van der Waals surface area contributed by atoms with Gasteiger partial charge in [0.15, 0.2) is 5.65 Å². The van der Waals surface area contributed by atoms with Gasteiger partial charge in [0.25, 0.3) is 0 Å². The fraction of sp³-hybridized carbons (Fsp3) is 0.333. The van der Waals surface area contributed by atoms with Gasteiger partial charge in [-0.2, -0.15) is 0 Å². The molecule has 0 saturated carbocycles. The topological polar surface area (TPSA) is 68.3 Å². The van der Waals surface area contributed by atoms with Crippen LogP contribution in [-0.2, 0) is 0 Å². The van der Waals surface area contributed by atoms with Crippen molar-refractivity contribution in [3.05, 3.63) is 40.2 Å². The smallest absolute Gasteiger partial charge is 0.157 e. The van der Waals surface area contributed by atoms with E-state index in [0.717, 1.165) is 58.7 Å². The second-order valence-electron chi connectivity index (χ2n) is 6.19. The monoisotopic (exact) mass is 449 g/mol. The van der Waals surface area contributed by atoms with Crippen molar-refractivity contribution in [2.24, 2.45) is 0 Å². The third kappa shape index (κ3) is 3.49. The average Bonchev–Trinajstić information content (AvgIpc) is 3.03. The number of rotatable bonds is 4. The molecule has 4 rings (SSSR count). The van der Waals surface area contributed by atoms with E-state index >= 15 is 0 Å². The number of aliphatic hydroxyl groups excluding tert-OH is 1. The Morgan fingerprint density at radius 2 is 1.88 bits per heavy atom. The van der Waals surface area contributed by atoms with Gasteiger partial charge >= 0.3 is 0 Å². The van der Waals surface area contributed by atoms with Crippen LogP contribution in [-0.4, -0.2) is 64.3 Å². The molecule has 1 aliphatic heterocycles. The number of β-amino-alcohol motifs (C(OH)–C–C–N with tert-alkyl or cyclic N) is 1. The van der Waals surface area contributed by atoms with Crippen LogP contribution in [0.25, 0.3) is 22.4 Å². The van der Waals surface area contributed by atoms with E-state index in [-0.39, 0.29) is 6.61 Å². The molecular formula is C18H20IN5O. The summed E-state index contributed by atoms with van der Waals surface area (Å²) in [6, 6.07) is 8.55. The summed E-state index contributed by atoms with van der Waals surface area (Å²) < 4.78 is 1.08. The standard InChI is InChI=1S/C18H20IN5O/c19-15-11-20-18-17(15)22-16(12-21-18)13-1-3-14(4-2-13)24-7-5-23(6-8-24)9-10-25/h1-4,11-12,25H,5-10H2,(H,20,21). The number of benzene rings is 1. The van der Waals surface area contributed by atoms with Crippen molar-refractivity contribution in [2.45, 2.75) is 0 Å². The number of halogens is 1. The minimum Gasteiger partial charge on any atom is -0.395 e. The van der Waals surface area contributed by atoms with E-state index in [2.05, 4.69) is 66.6 Å². The lowest BCUT2D eigenvalue weighted by atomic mass is 10.1. The molecule has 0 radical (unpaired) electrons. The van der Waals surface area contributed by atoms with Gasteiger partial charge in [-0.15, -0.1) is 0 Å². The molecule has 3 heterocycles. The van der Waals surface area contributed by atoms with Gasteiger partial charge < -0.3 is 15.0 Å². The van der Waals surface area contributed by atoms with Crippen molar-refractivity contribution < 1.29 is 5.11 Å². The molecule has 7 heteroatoms. The molecule has 25 heavy (non-hydrogen) atoms. The molecule has 0 unspecified atom stereocenters. The Hall–Kier alpha value is -1.71. The van der Waals surface area contributed by atoms with Crippen molar-refractivity contribution in [3.63, 3.8) is 0 Å². The van der Waals surface area contributed by atoms with E-state index in [1.54, 1.807) is 0 Å². The highest BCUT2D eigenvalue weighted by molar-refractivity contribution is 14.1. The lowest BCUT2D eigenvalue weighted by molar-refractivity contribution is 0.189. The fourth-order valence-electron chi connectivity index (χ4n) is 3.21. The van der Waals surface area contributed by atoms with Crippen LogP contribution >= 0.6 is 22.6 Å². The van der Waals surface area contributed by atoms with Crippen LogP contribution < -0.4 is 4.90 Å². The molecule has 1 saturated heterocycles. The van der Waals surface area contributed by atoms with E-state index in [1.165, 1.54) is 5.69 Å². The van der Waals surface area contributed by atoms with Crippen LogP contribution in [0.5, 0.6) is 0 Å². The molecule has 3 aromatic rings. The Balaban J connectivity index is 1.50. The Morgan fingerprint density at radius 3 is 2.60 bits per heavy atom. The number of nitrogens with zero attached hydrogens (tertiary/aromatic N) is 4. The van der Waals surface area contributed by atoms with Crippen molar-refractivity contribution in [1.82, 2.24) is 19.9 Å². The first-order chi connectivity index (χ1) is 12.2. The van der Waals surface area contributed by atoms with Crippen LogP contribution in [0.15, 0.2) is 36.7 Å². The van der Waals surface area contributed by atoms with Gasteiger partial charge in [0.1, 0.15) is 5.52 Å². The second-order valence-corrected chi connectivity index (χ2v) is 7.35. The minimum absolute atomic E-state index is 0.236. The summed E-state index contributed by atoms with van der Waals surface area (Å²) in [6.07, 6.45) is 3.74. The summed E-state index contributed by atoms with van der Waals surface area (Å²) in [7, 11) is 0. The van der Waals surface area contributed by atoms with E-state index in [1.807, 2.05) is 12.4 Å². The lowest BCUT2D eigenvalue weighted by Crippen LogP contribution is -2.47. The number of fused-ring (bicyclic) bond motifs is 1. The van der Waals surface area contributed by atoms with Crippen molar-refractivity contribution in [1.29, 1.82) is 0 Å². The van der Waals surface area contributed by atoms with Gasteiger partial charge in [0.2, 0.25) is 0 Å². The summed E-state index contributed by atoms with van der Waals surface area (Å²) >= 11 is 2.27. The average molecular weight is 449 g/mol. The number of aromatic nitrogens is 3. The lowest BCUT2D eigenvalue weighted by Gasteiger charge is -2.35. The Bertz CT molecular complexity index is 856. The third-order valence-corrected chi connectivity index (χ3v) is 5.47. The normalized spacial score (nSPS) is 15.8. The maximum absolute atomic E-state index is 9.04. The zero-order valence-electron chi connectivity index (χ0n) is 13.8. The molecular weight excluding hydrogens is 429 g/mol. The maximum Gasteiger partial charge on any atom is 0.157 e. The summed E-state index contributed by atoms with van der Waals surface area (Å²) in [5, 5.41) is 9.04. The summed E-state index contributed by atoms with van der Waals surface area (Å²) in [5.41, 5.74) is 4.95. The zero-order chi connectivity index (χ0) is 17.2. The van der Waals surface area contributed by atoms with Gasteiger partial charge in [0.05, 0.1) is 22.1 Å². The number of hydrogen-bond donors (Lipinski definition) is 2. The van der Waals surface area contributed by atoms with Crippen LogP contribution in [0.4, 0.5) is 5.69 Å². The van der Waals surface area contributed by atoms with Gasteiger partial charge in [-0.1, -0.05) is 12.1 Å². The molecule has 0 amide bonds.